The largest absolute Gasteiger partial charge is 0.456 e. The number of aliphatic hydroxyl groups is 1. The van der Waals surface area contributed by atoms with E-state index in [1.807, 2.05) is 38.1 Å². The summed E-state index contributed by atoms with van der Waals surface area (Å²) in [6.07, 6.45) is 1.81. The number of amides is 2. The van der Waals surface area contributed by atoms with E-state index in [-0.39, 0.29) is 11.9 Å². The molecule has 170 valence electrons. The molecule has 1 aromatic carbocycles. The lowest BCUT2D eigenvalue weighted by molar-refractivity contribution is 0.0769. The molecule has 8 nitrogen and oxygen atoms in total. The number of nitrogens with one attached hydrogen (secondary N) is 1. The predicted octanol–water partition coefficient (Wildman–Crippen LogP) is 4.14. The van der Waals surface area contributed by atoms with E-state index < -0.39 is 6.10 Å². The third kappa shape index (κ3) is 3.94. The van der Waals surface area contributed by atoms with E-state index in [1.54, 1.807) is 27.8 Å². The third-order valence-corrected chi connectivity index (χ3v) is 6.88. The third-order valence-electron chi connectivity index (χ3n) is 5.75. The van der Waals surface area contributed by atoms with E-state index in [0.29, 0.717) is 47.9 Å². The molecule has 1 saturated heterocycles. The van der Waals surface area contributed by atoms with E-state index >= 15 is 0 Å². The van der Waals surface area contributed by atoms with Gasteiger partial charge in [0.2, 0.25) is 0 Å². The first-order valence-corrected chi connectivity index (χ1v) is 11.7. The Balaban J connectivity index is 1.45. The average molecular weight is 465 g/mol. The number of rotatable bonds is 4. The molecule has 0 bridgehead atoms. The van der Waals surface area contributed by atoms with Crippen molar-refractivity contribution in [2.75, 3.05) is 19.6 Å². The number of hydrogen-bond donors (Lipinski definition) is 2. The number of nitrogens with zero attached hydrogens (tertiary/aromatic N) is 3. The topological polar surface area (TPSA) is 96.7 Å². The minimum Gasteiger partial charge on any atom is -0.456 e. The fourth-order valence-electron chi connectivity index (χ4n) is 4.20. The monoisotopic (exact) mass is 464 g/mol. The van der Waals surface area contributed by atoms with Crippen molar-refractivity contribution in [3.05, 3.63) is 53.2 Å². The van der Waals surface area contributed by atoms with Gasteiger partial charge in [0.05, 0.1) is 26.7 Å². The summed E-state index contributed by atoms with van der Waals surface area (Å²) in [5, 5.41) is 13.5. The van der Waals surface area contributed by atoms with Crippen molar-refractivity contribution in [3.8, 4) is 11.5 Å². The molecule has 0 radical (unpaired) electrons. The van der Waals surface area contributed by atoms with Crippen LogP contribution in [0, 0.1) is 6.92 Å². The van der Waals surface area contributed by atoms with Crippen LogP contribution in [0.15, 0.2) is 42.6 Å². The fourth-order valence-corrected chi connectivity index (χ4v) is 5.24. The number of likely N-dealkylation sites (tertiary alicyclic amines) is 1. The Morgan fingerprint density at radius 1 is 1.27 bits per heavy atom. The van der Waals surface area contributed by atoms with Gasteiger partial charge in [-0.15, -0.1) is 11.3 Å². The maximum Gasteiger partial charge on any atom is 0.326 e. The number of pyridine rings is 1. The van der Waals surface area contributed by atoms with Crippen LogP contribution in [-0.2, 0) is 0 Å². The van der Waals surface area contributed by atoms with Crippen LogP contribution in [0.25, 0.3) is 21.1 Å². The van der Waals surface area contributed by atoms with Crippen molar-refractivity contribution in [1.82, 2.24) is 19.8 Å². The van der Waals surface area contributed by atoms with E-state index in [0.717, 1.165) is 21.3 Å². The van der Waals surface area contributed by atoms with Crippen LogP contribution in [0.4, 0.5) is 4.79 Å². The summed E-state index contributed by atoms with van der Waals surface area (Å²) in [6.45, 7) is 5.25. The number of carbonyl (C=O) groups excluding carboxylic acids is 2. The van der Waals surface area contributed by atoms with Crippen LogP contribution in [0.5, 0.6) is 11.5 Å². The fraction of sp³-hybridized carbons (Fsp3) is 0.292. The van der Waals surface area contributed by atoms with Crippen LogP contribution in [-0.4, -0.2) is 57.2 Å². The summed E-state index contributed by atoms with van der Waals surface area (Å²) < 4.78 is 8.63. The minimum absolute atomic E-state index is 0.0934. The SMILES string of the molecule is CCNC(=O)n1c(C)cc2cc(Oc3ccnc4cc(C(=O)N5CC[C@H](O)C5)sc34)ccc21. The van der Waals surface area contributed by atoms with Crippen LogP contribution in [0.1, 0.15) is 28.7 Å². The van der Waals surface area contributed by atoms with Gasteiger partial charge in [0.25, 0.3) is 5.91 Å². The molecule has 3 aromatic heterocycles. The van der Waals surface area contributed by atoms with Gasteiger partial charge in [-0.2, -0.15) is 0 Å². The quantitative estimate of drug-likeness (QED) is 0.473. The molecule has 0 saturated carbocycles. The summed E-state index contributed by atoms with van der Waals surface area (Å²) in [5.74, 6) is 1.15. The van der Waals surface area contributed by atoms with Crippen molar-refractivity contribution >= 4 is 44.4 Å². The lowest BCUT2D eigenvalue weighted by Crippen LogP contribution is -2.28. The van der Waals surface area contributed by atoms with Crippen LogP contribution in [0.3, 0.4) is 0 Å². The first kappa shape index (κ1) is 21.4. The molecular formula is C24H24N4O4S. The maximum absolute atomic E-state index is 12.8. The zero-order valence-corrected chi connectivity index (χ0v) is 19.2. The lowest BCUT2D eigenvalue weighted by atomic mass is 10.2. The highest BCUT2D eigenvalue weighted by Crippen LogP contribution is 2.36. The number of aromatic nitrogens is 2. The van der Waals surface area contributed by atoms with E-state index in [9.17, 15) is 14.7 Å². The van der Waals surface area contributed by atoms with Crippen molar-refractivity contribution in [2.45, 2.75) is 26.4 Å². The second-order valence-corrected chi connectivity index (χ2v) is 9.16. The molecule has 1 fully saturated rings. The Hall–Kier alpha value is -3.43. The number of carbonyl (C=O) groups is 2. The number of fused-ring (bicyclic) bond motifs is 2. The molecule has 33 heavy (non-hydrogen) atoms. The number of benzene rings is 1. The summed E-state index contributed by atoms with van der Waals surface area (Å²) in [6, 6.07) is 10.9. The number of thiophene rings is 1. The summed E-state index contributed by atoms with van der Waals surface area (Å²) in [7, 11) is 0. The highest BCUT2D eigenvalue weighted by Gasteiger charge is 2.27. The number of hydrogen-bond acceptors (Lipinski definition) is 6. The molecule has 0 aliphatic carbocycles. The predicted molar refractivity (Wildman–Crippen MR) is 127 cm³/mol. The molecule has 2 N–H and O–H groups in total. The van der Waals surface area contributed by atoms with E-state index in [1.165, 1.54) is 11.3 Å². The van der Waals surface area contributed by atoms with Gasteiger partial charge in [-0.05, 0) is 50.6 Å². The first-order chi connectivity index (χ1) is 15.9. The molecule has 1 atom stereocenters. The van der Waals surface area contributed by atoms with Gasteiger partial charge in [0.15, 0.2) is 0 Å². The summed E-state index contributed by atoms with van der Waals surface area (Å²) in [4.78, 5) is 31.9. The molecular weight excluding hydrogens is 440 g/mol. The number of aliphatic hydroxyl groups excluding tert-OH is 1. The number of β-amino-alcohol motifs (C(OH)–C–C–N with tert-alkyl or cyclic N) is 1. The van der Waals surface area contributed by atoms with E-state index in [4.69, 9.17) is 4.74 Å². The Kier molecular flexibility index (Phi) is 5.51. The Morgan fingerprint density at radius 2 is 2.12 bits per heavy atom. The Labute approximate surface area is 194 Å². The van der Waals surface area contributed by atoms with Crippen LogP contribution < -0.4 is 10.1 Å². The summed E-state index contributed by atoms with van der Waals surface area (Å²) in [5.41, 5.74) is 2.34. The second kappa shape index (κ2) is 8.49. The van der Waals surface area contributed by atoms with Crippen LogP contribution >= 0.6 is 11.3 Å². The van der Waals surface area contributed by atoms with Gasteiger partial charge in [0, 0.05) is 43.0 Å². The molecule has 4 aromatic rings. The maximum atomic E-state index is 12.8. The van der Waals surface area contributed by atoms with Gasteiger partial charge in [0.1, 0.15) is 11.5 Å². The minimum atomic E-state index is -0.457. The van der Waals surface area contributed by atoms with Gasteiger partial charge < -0.3 is 20.1 Å². The van der Waals surface area contributed by atoms with Crippen molar-refractivity contribution in [1.29, 1.82) is 0 Å². The highest BCUT2D eigenvalue weighted by atomic mass is 32.1. The zero-order chi connectivity index (χ0) is 23.1. The van der Waals surface area contributed by atoms with E-state index in [2.05, 4.69) is 10.3 Å². The zero-order valence-electron chi connectivity index (χ0n) is 18.4. The Morgan fingerprint density at radius 3 is 2.88 bits per heavy atom. The molecule has 0 spiro atoms. The van der Waals surface area contributed by atoms with Crippen molar-refractivity contribution in [2.24, 2.45) is 0 Å². The molecule has 4 heterocycles. The first-order valence-electron chi connectivity index (χ1n) is 10.9. The van der Waals surface area contributed by atoms with Crippen LogP contribution in [0.2, 0.25) is 0 Å². The molecule has 1 aliphatic rings. The molecule has 9 heteroatoms. The van der Waals surface area contributed by atoms with Crippen molar-refractivity contribution in [3.63, 3.8) is 0 Å². The standard InChI is InChI=1S/C24H24N4O4S/c1-3-25-24(31)28-14(2)10-15-11-17(4-5-19(15)28)32-20-6-8-26-18-12-21(33-22(18)20)23(30)27-9-7-16(29)13-27/h4-6,8,10-12,16,29H,3,7,9,13H2,1-2H3,(H,25,31)/t16-/m0/s1. The molecule has 5 rings (SSSR count). The molecule has 2 amide bonds. The van der Waals surface area contributed by atoms with Crippen molar-refractivity contribution < 1.29 is 19.4 Å². The van der Waals surface area contributed by atoms with Gasteiger partial charge in [-0.3, -0.25) is 14.3 Å². The summed E-state index contributed by atoms with van der Waals surface area (Å²) >= 11 is 1.34. The lowest BCUT2D eigenvalue weighted by Gasteiger charge is -2.13. The van der Waals surface area contributed by atoms with Gasteiger partial charge in [-0.1, -0.05) is 0 Å². The smallest absolute Gasteiger partial charge is 0.326 e. The second-order valence-electron chi connectivity index (χ2n) is 8.11. The molecule has 0 unspecified atom stereocenters. The molecule has 1 aliphatic heterocycles. The Bertz CT molecular complexity index is 1380. The number of ether oxygens (including phenoxy) is 1. The normalized spacial score (nSPS) is 16.0. The van der Waals surface area contributed by atoms with Gasteiger partial charge in [-0.25, -0.2) is 4.79 Å². The van der Waals surface area contributed by atoms with Gasteiger partial charge >= 0.3 is 6.03 Å². The average Bonchev–Trinajstić information content (AvgIpc) is 3.49. The highest BCUT2D eigenvalue weighted by molar-refractivity contribution is 7.21. The number of aryl methyl sites for hydroxylation is 1.